The number of likely N-dealkylation sites (tertiary alicyclic amines) is 1. The molecule has 1 aliphatic heterocycles. The summed E-state index contributed by atoms with van der Waals surface area (Å²) in [6, 6.07) is 15.5. The van der Waals surface area contributed by atoms with Gasteiger partial charge in [0.25, 0.3) is 0 Å². The summed E-state index contributed by atoms with van der Waals surface area (Å²) >= 11 is 0. The first-order valence-electron chi connectivity index (χ1n) is 10.6. The van der Waals surface area contributed by atoms with Crippen molar-refractivity contribution in [2.24, 2.45) is 10.9 Å². The monoisotopic (exact) mass is 549 g/mol. The number of imidazole rings is 1. The van der Waals surface area contributed by atoms with Gasteiger partial charge in [0.15, 0.2) is 5.96 Å². The van der Waals surface area contributed by atoms with Crippen molar-refractivity contribution in [1.29, 1.82) is 0 Å². The summed E-state index contributed by atoms with van der Waals surface area (Å²) in [6.07, 6.45) is 6.02. The zero-order valence-electron chi connectivity index (χ0n) is 18.2. The van der Waals surface area contributed by atoms with Crippen LogP contribution in [0.2, 0.25) is 0 Å². The van der Waals surface area contributed by atoms with Gasteiger partial charge in [0.1, 0.15) is 5.82 Å². The van der Waals surface area contributed by atoms with Gasteiger partial charge in [-0.25, -0.2) is 9.37 Å². The van der Waals surface area contributed by atoms with Crippen LogP contribution in [-0.4, -0.2) is 47.2 Å². The second-order valence-electron chi connectivity index (χ2n) is 7.76. The minimum atomic E-state index is -0.274. The van der Waals surface area contributed by atoms with Crippen molar-refractivity contribution in [3.63, 3.8) is 0 Å². The van der Waals surface area contributed by atoms with E-state index in [1.54, 1.807) is 42.5 Å². The van der Waals surface area contributed by atoms with Crippen LogP contribution in [0.1, 0.15) is 17.5 Å². The molecule has 1 atom stereocenters. The van der Waals surface area contributed by atoms with Crippen molar-refractivity contribution in [1.82, 2.24) is 19.8 Å². The molecule has 1 fully saturated rings. The standard InChI is InChI=1S/C24H28FN5O.HI/c1-26-24(28-14-20-7-8-23(22(25)13-20)30-12-10-27-18-30)29-11-9-21(15-29)17-31-16-19-5-3-2-4-6-19;/h2-8,10,12-13,18,21H,9,11,14-17H2,1H3,(H,26,28);1H. The minimum Gasteiger partial charge on any atom is -0.376 e. The Morgan fingerprint density at radius 1 is 1.22 bits per heavy atom. The first kappa shape index (κ1) is 24.2. The highest BCUT2D eigenvalue weighted by molar-refractivity contribution is 14.0. The molecule has 1 aliphatic rings. The quantitative estimate of drug-likeness (QED) is 0.272. The van der Waals surface area contributed by atoms with Gasteiger partial charge in [0.2, 0.25) is 0 Å². The van der Waals surface area contributed by atoms with E-state index in [1.165, 1.54) is 5.56 Å². The van der Waals surface area contributed by atoms with Gasteiger partial charge in [0, 0.05) is 45.0 Å². The van der Waals surface area contributed by atoms with Crippen LogP contribution < -0.4 is 5.32 Å². The summed E-state index contributed by atoms with van der Waals surface area (Å²) in [6.45, 7) is 3.74. The normalized spacial score (nSPS) is 16.1. The van der Waals surface area contributed by atoms with Crippen LogP contribution in [-0.2, 0) is 17.9 Å². The van der Waals surface area contributed by atoms with E-state index in [4.69, 9.17) is 4.74 Å². The van der Waals surface area contributed by atoms with Crippen molar-refractivity contribution in [2.45, 2.75) is 19.6 Å². The number of hydrogen-bond donors (Lipinski definition) is 1. The summed E-state index contributed by atoms with van der Waals surface area (Å²) in [7, 11) is 1.78. The molecule has 0 spiro atoms. The lowest BCUT2D eigenvalue weighted by Crippen LogP contribution is -2.39. The van der Waals surface area contributed by atoms with E-state index in [-0.39, 0.29) is 29.8 Å². The zero-order valence-corrected chi connectivity index (χ0v) is 20.5. The topological polar surface area (TPSA) is 54.7 Å². The lowest BCUT2D eigenvalue weighted by Gasteiger charge is -2.22. The number of rotatable bonds is 7. The molecule has 8 heteroatoms. The molecule has 2 heterocycles. The van der Waals surface area contributed by atoms with E-state index in [1.807, 2.05) is 24.3 Å². The van der Waals surface area contributed by atoms with E-state index in [9.17, 15) is 4.39 Å². The second kappa shape index (κ2) is 12.0. The largest absolute Gasteiger partial charge is 0.376 e. The SMILES string of the molecule is CN=C(NCc1ccc(-n2ccnc2)c(F)c1)N1CCC(COCc2ccccc2)C1.I. The average molecular weight is 549 g/mol. The molecular weight excluding hydrogens is 520 g/mol. The highest BCUT2D eigenvalue weighted by atomic mass is 127. The van der Waals surface area contributed by atoms with E-state index in [0.717, 1.165) is 37.6 Å². The van der Waals surface area contributed by atoms with Crippen LogP contribution in [0.5, 0.6) is 0 Å². The Bertz CT molecular complexity index is 997. The number of guanidine groups is 1. The van der Waals surface area contributed by atoms with Crippen LogP contribution in [0.15, 0.2) is 72.2 Å². The van der Waals surface area contributed by atoms with Gasteiger partial charge in [-0.3, -0.25) is 4.99 Å². The predicted octanol–water partition coefficient (Wildman–Crippen LogP) is 4.24. The Labute approximate surface area is 205 Å². The van der Waals surface area contributed by atoms with E-state index in [2.05, 4.69) is 32.3 Å². The van der Waals surface area contributed by atoms with Gasteiger partial charge in [-0.05, 0) is 29.7 Å². The Balaban J connectivity index is 0.00000289. The number of ether oxygens (including phenoxy) is 1. The fourth-order valence-electron chi connectivity index (χ4n) is 3.86. The number of nitrogens with zero attached hydrogens (tertiary/aromatic N) is 4. The number of hydrogen-bond acceptors (Lipinski definition) is 3. The summed E-state index contributed by atoms with van der Waals surface area (Å²) in [5.41, 5.74) is 2.55. The molecule has 0 radical (unpaired) electrons. The maximum Gasteiger partial charge on any atom is 0.193 e. The van der Waals surface area contributed by atoms with Gasteiger partial charge in [-0.2, -0.15) is 0 Å². The predicted molar refractivity (Wildman–Crippen MR) is 135 cm³/mol. The molecule has 1 N–H and O–H groups in total. The van der Waals surface area contributed by atoms with Gasteiger partial charge in [0.05, 0.1) is 25.2 Å². The summed E-state index contributed by atoms with van der Waals surface area (Å²) in [4.78, 5) is 10.6. The van der Waals surface area contributed by atoms with Gasteiger partial charge in [-0.1, -0.05) is 36.4 Å². The zero-order chi connectivity index (χ0) is 21.5. The maximum absolute atomic E-state index is 14.5. The number of benzene rings is 2. The number of nitrogens with one attached hydrogen (secondary N) is 1. The third-order valence-electron chi connectivity index (χ3n) is 5.51. The minimum absolute atomic E-state index is 0. The lowest BCUT2D eigenvalue weighted by molar-refractivity contribution is 0.0906. The average Bonchev–Trinajstić information content (AvgIpc) is 3.48. The Hall–Kier alpha value is -2.46. The summed E-state index contributed by atoms with van der Waals surface area (Å²) in [5.74, 6) is 1.04. The molecular formula is C24H29FIN5O. The van der Waals surface area contributed by atoms with E-state index < -0.39 is 0 Å². The first-order valence-corrected chi connectivity index (χ1v) is 10.6. The molecule has 3 aromatic rings. The molecule has 1 aromatic heterocycles. The Kier molecular flexibility index (Phi) is 9.04. The molecule has 6 nitrogen and oxygen atoms in total. The molecule has 0 amide bonds. The number of halogens is 2. The summed E-state index contributed by atoms with van der Waals surface area (Å²) in [5, 5.41) is 3.36. The molecule has 2 aromatic carbocycles. The lowest BCUT2D eigenvalue weighted by atomic mass is 10.1. The maximum atomic E-state index is 14.5. The fraction of sp³-hybridized carbons (Fsp3) is 0.333. The molecule has 4 rings (SSSR count). The van der Waals surface area contributed by atoms with E-state index in [0.29, 0.717) is 24.8 Å². The second-order valence-corrected chi connectivity index (χ2v) is 7.76. The Morgan fingerprint density at radius 2 is 2.06 bits per heavy atom. The summed E-state index contributed by atoms with van der Waals surface area (Å²) < 4.78 is 22.1. The first-order chi connectivity index (χ1) is 15.2. The van der Waals surface area contributed by atoms with Crippen molar-refractivity contribution in [2.75, 3.05) is 26.7 Å². The Morgan fingerprint density at radius 3 is 2.78 bits per heavy atom. The van der Waals surface area contributed by atoms with Crippen molar-refractivity contribution >= 4 is 29.9 Å². The van der Waals surface area contributed by atoms with Gasteiger partial charge < -0.3 is 19.5 Å². The van der Waals surface area contributed by atoms with Crippen LogP contribution >= 0.6 is 24.0 Å². The molecule has 32 heavy (non-hydrogen) atoms. The van der Waals surface area contributed by atoms with Crippen LogP contribution in [0.25, 0.3) is 5.69 Å². The molecule has 1 saturated heterocycles. The smallest absolute Gasteiger partial charge is 0.193 e. The fourth-order valence-corrected chi connectivity index (χ4v) is 3.86. The molecule has 170 valence electrons. The molecule has 0 bridgehead atoms. The van der Waals surface area contributed by atoms with Crippen LogP contribution in [0.3, 0.4) is 0 Å². The third-order valence-corrected chi connectivity index (χ3v) is 5.51. The molecule has 1 unspecified atom stereocenters. The highest BCUT2D eigenvalue weighted by Gasteiger charge is 2.25. The number of aromatic nitrogens is 2. The number of aliphatic imine (C=N–C) groups is 1. The van der Waals surface area contributed by atoms with Gasteiger partial charge in [-0.15, -0.1) is 24.0 Å². The van der Waals surface area contributed by atoms with Crippen molar-refractivity contribution < 1.29 is 9.13 Å². The van der Waals surface area contributed by atoms with Crippen LogP contribution in [0.4, 0.5) is 4.39 Å². The van der Waals surface area contributed by atoms with Crippen molar-refractivity contribution in [3.8, 4) is 5.69 Å². The van der Waals surface area contributed by atoms with E-state index >= 15 is 0 Å². The molecule has 0 aliphatic carbocycles. The van der Waals surface area contributed by atoms with Crippen LogP contribution in [0, 0.1) is 11.7 Å². The molecule has 0 saturated carbocycles. The third kappa shape index (κ3) is 6.29. The van der Waals surface area contributed by atoms with Gasteiger partial charge >= 0.3 is 0 Å². The highest BCUT2D eigenvalue weighted by Crippen LogP contribution is 2.18. The van der Waals surface area contributed by atoms with Crippen molar-refractivity contribution in [3.05, 3.63) is 84.2 Å².